The monoisotopic (exact) mass is 344 g/mol. The standard InChI is InChI=1S/C14H12BrF3N2/c1-9-6-7-19-13(12(9)15)20-8-10-4-2-3-5-11(10)14(16,17)18/h2-7H,8H2,1H3,(H,19,20). The second-order valence-corrected chi connectivity index (χ2v) is 5.09. The predicted molar refractivity (Wildman–Crippen MR) is 75.4 cm³/mol. The van der Waals surface area contributed by atoms with Crippen LogP contribution in [0.5, 0.6) is 0 Å². The van der Waals surface area contributed by atoms with Crippen molar-refractivity contribution in [2.75, 3.05) is 5.32 Å². The number of pyridine rings is 1. The highest BCUT2D eigenvalue weighted by Crippen LogP contribution is 2.32. The van der Waals surface area contributed by atoms with Crippen LogP contribution in [0.1, 0.15) is 16.7 Å². The third-order valence-corrected chi connectivity index (χ3v) is 3.85. The Kier molecular flexibility index (Phi) is 4.32. The summed E-state index contributed by atoms with van der Waals surface area (Å²) in [5.74, 6) is 0.530. The molecule has 0 fully saturated rings. The van der Waals surface area contributed by atoms with E-state index >= 15 is 0 Å². The summed E-state index contributed by atoms with van der Waals surface area (Å²) in [6.07, 6.45) is -2.74. The molecule has 1 aromatic heterocycles. The van der Waals surface area contributed by atoms with Crippen molar-refractivity contribution in [3.63, 3.8) is 0 Å². The van der Waals surface area contributed by atoms with Crippen LogP contribution >= 0.6 is 15.9 Å². The van der Waals surface area contributed by atoms with E-state index in [1.807, 2.05) is 13.0 Å². The number of hydrogen-bond donors (Lipinski definition) is 1. The number of hydrogen-bond acceptors (Lipinski definition) is 2. The number of nitrogens with one attached hydrogen (secondary N) is 1. The maximum absolute atomic E-state index is 12.9. The van der Waals surface area contributed by atoms with E-state index in [0.29, 0.717) is 5.82 Å². The Morgan fingerprint density at radius 3 is 2.60 bits per heavy atom. The Labute approximate surface area is 123 Å². The van der Waals surface area contributed by atoms with E-state index in [4.69, 9.17) is 0 Å². The lowest BCUT2D eigenvalue weighted by atomic mass is 10.1. The van der Waals surface area contributed by atoms with Crippen molar-refractivity contribution in [3.05, 3.63) is 57.7 Å². The van der Waals surface area contributed by atoms with E-state index in [0.717, 1.165) is 16.1 Å². The molecule has 0 atom stereocenters. The first kappa shape index (κ1) is 14.8. The molecule has 0 aliphatic carbocycles. The molecule has 0 saturated carbocycles. The predicted octanol–water partition coefficient (Wildman–Crippen LogP) is 4.78. The first-order valence-corrected chi connectivity index (χ1v) is 6.69. The second kappa shape index (κ2) is 5.83. The Hall–Kier alpha value is -1.56. The largest absolute Gasteiger partial charge is 0.416 e. The number of nitrogens with zero attached hydrogens (tertiary/aromatic N) is 1. The van der Waals surface area contributed by atoms with Crippen molar-refractivity contribution in [2.24, 2.45) is 0 Å². The highest BCUT2D eigenvalue weighted by atomic mass is 79.9. The number of alkyl halides is 3. The topological polar surface area (TPSA) is 24.9 Å². The summed E-state index contributed by atoms with van der Waals surface area (Å²) < 4.78 is 39.3. The Bertz CT molecular complexity index is 612. The Morgan fingerprint density at radius 2 is 1.90 bits per heavy atom. The van der Waals surface area contributed by atoms with Crippen LogP contribution in [0.2, 0.25) is 0 Å². The SMILES string of the molecule is Cc1ccnc(NCc2ccccc2C(F)(F)F)c1Br. The first-order chi connectivity index (χ1) is 9.39. The third-order valence-electron chi connectivity index (χ3n) is 2.85. The number of rotatable bonds is 3. The summed E-state index contributed by atoms with van der Waals surface area (Å²) in [5, 5.41) is 2.92. The van der Waals surface area contributed by atoms with Gasteiger partial charge in [-0.3, -0.25) is 0 Å². The molecule has 2 rings (SSSR count). The summed E-state index contributed by atoms with van der Waals surface area (Å²) in [7, 11) is 0. The number of benzene rings is 1. The number of aryl methyl sites for hydroxylation is 1. The molecule has 0 aliphatic rings. The fourth-order valence-corrected chi connectivity index (χ4v) is 2.17. The quantitative estimate of drug-likeness (QED) is 0.866. The van der Waals surface area contributed by atoms with E-state index in [2.05, 4.69) is 26.2 Å². The molecule has 6 heteroatoms. The Morgan fingerprint density at radius 1 is 1.20 bits per heavy atom. The summed E-state index contributed by atoms with van der Waals surface area (Å²) in [5.41, 5.74) is 0.526. The van der Waals surface area contributed by atoms with Crippen molar-refractivity contribution >= 4 is 21.7 Å². The zero-order chi connectivity index (χ0) is 14.8. The summed E-state index contributed by atoms with van der Waals surface area (Å²) >= 11 is 3.36. The molecule has 0 bridgehead atoms. The first-order valence-electron chi connectivity index (χ1n) is 5.89. The molecule has 1 N–H and O–H groups in total. The number of aromatic nitrogens is 1. The van der Waals surface area contributed by atoms with Crippen LogP contribution in [0.15, 0.2) is 41.0 Å². The molecule has 2 nitrogen and oxygen atoms in total. The molecule has 0 amide bonds. The van der Waals surface area contributed by atoms with Gasteiger partial charge in [-0.25, -0.2) is 4.98 Å². The van der Waals surface area contributed by atoms with Crippen molar-refractivity contribution < 1.29 is 13.2 Å². The maximum Gasteiger partial charge on any atom is 0.416 e. The minimum absolute atomic E-state index is 0.0603. The minimum Gasteiger partial charge on any atom is -0.365 e. The van der Waals surface area contributed by atoms with Crippen LogP contribution in [0.4, 0.5) is 19.0 Å². The van der Waals surface area contributed by atoms with E-state index in [9.17, 15) is 13.2 Å². The van der Waals surface area contributed by atoms with E-state index in [-0.39, 0.29) is 12.1 Å². The van der Waals surface area contributed by atoms with E-state index in [1.165, 1.54) is 12.1 Å². The molecule has 0 saturated heterocycles. The van der Waals surface area contributed by atoms with Crippen LogP contribution in [0.3, 0.4) is 0 Å². The maximum atomic E-state index is 12.9. The third kappa shape index (κ3) is 3.30. The van der Waals surface area contributed by atoms with Crippen LogP contribution in [-0.4, -0.2) is 4.98 Å². The Balaban J connectivity index is 2.22. The van der Waals surface area contributed by atoms with Crippen LogP contribution < -0.4 is 5.32 Å². The normalized spacial score (nSPS) is 11.4. The van der Waals surface area contributed by atoms with Gasteiger partial charge in [0.2, 0.25) is 0 Å². The second-order valence-electron chi connectivity index (χ2n) is 4.30. The molecule has 1 heterocycles. The number of halogens is 4. The van der Waals surface area contributed by atoms with Gasteiger partial charge >= 0.3 is 6.18 Å². The lowest BCUT2D eigenvalue weighted by Gasteiger charge is -2.14. The molecule has 0 spiro atoms. The van der Waals surface area contributed by atoms with Gasteiger partial charge in [0.05, 0.1) is 10.0 Å². The zero-order valence-corrected chi connectivity index (χ0v) is 12.2. The van der Waals surface area contributed by atoms with E-state index < -0.39 is 11.7 Å². The van der Waals surface area contributed by atoms with Crippen LogP contribution in [0.25, 0.3) is 0 Å². The van der Waals surface area contributed by atoms with Gasteiger partial charge in [0.1, 0.15) is 5.82 Å². The van der Waals surface area contributed by atoms with Gasteiger partial charge in [-0.15, -0.1) is 0 Å². The van der Waals surface area contributed by atoms with Gasteiger partial charge < -0.3 is 5.32 Å². The van der Waals surface area contributed by atoms with Crippen molar-refractivity contribution in [1.82, 2.24) is 4.98 Å². The molecule has 0 unspecified atom stereocenters. The van der Waals surface area contributed by atoms with Crippen LogP contribution in [0, 0.1) is 6.92 Å². The minimum atomic E-state index is -4.35. The van der Waals surface area contributed by atoms with Gasteiger partial charge in [0, 0.05) is 12.7 Å². The number of anilines is 1. The highest BCUT2D eigenvalue weighted by molar-refractivity contribution is 9.10. The molecule has 0 radical (unpaired) electrons. The molecule has 2 aromatic rings. The van der Waals surface area contributed by atoms with Crippen molar-refractivity contribution in [3.8, 4) is 0 Å². The van der Waals surface area contributed by atoms with Gasteiger partial charge in [0.15, 0.2) is 0 Å². The summed E-state index contributed by atoms with van der Waals surface area (Å²) in [6, 6.07) is 7.33. The summed E-state index contributed by atoms with van der Waals surface area (Å²) in [6.45, 7) is 1.95. The fraction of sp³-hybridized carbons (Fsp3) is 0.214. The van der Waals surface area contributed by atoms with Gasteiger partial charge in [-0.1, -0.05) is 18.2 Å². The van der Waals surface area contributed by atoms with Crippen LogP contribution in [-0.2, 0) is 12.7 Å². The molecular formula is C14H12BrF3N2. The molecular weight excluding hydrogens is 333 g/mol. The average Bonchev–Trinajstić information content (AvgIpc) is 2.40. The van der Waals surface area contributed by atoms with Crippen molar-refractivity contribution in [1.29, 1.82) is 0 Å². The van der Waals surface area contributed by atoms with Crippen molar-refractivity contribution in [2.45, 2.75) is 19.6 Å². The average molecular weight is 345 g/mol. The molecule has 0 aliphatic heterocycles. The lowest BCUT2D eigenvalue weighted by molar-refractivity contribution is -0.138. The molecule has 1 aromatic carbocycles. The fourth-order valence-electron chi connectivity index (χ4n) is 1.79. The van der Waals surface area contributed by atoms with E-state index in [1.54, 1.807) is 12.3 Å². The summed E-state index contributed by atoms with van der Waals surface area (Å²) in [4.78, 5) is 4.11. The molecule has 20 heavy (non-hydrogen) atoms. The zero-order valence-electron chi connectivity index (χ0n) is 10.6. The highest BCUT2D eigenvalue weighted by Gasteiger charge is 2.32. The van der Waals surface area contributed by atoms with Gasteiger partial charge in [0.25, 0.3) is 0 Å². The lowest BCUT2D eigenvalue weighted by Crippen LogP contribution is -2.12. The van der Waals surface area contributed by atoms with Gasteiger partial charge in [-0.05, 0) is 46.1 Å². The smallest absolute Gasteiger partial charge is 0.365 e. The van der Waals surface area contributed by atoms with Gasteiger partial charge in [-0.2, -0.15) is 13.2 Å². The molecule has 106 valence electrons.